The molecule has 1 aliphatic rings. The summed E-state index contributed by atoms with van der Waals surface area (Å²) in [5, 5.41) is 7.98. The monoisotopic (exact) mass is 431 g/mol. The van der Waals surface area contributed by atoms with Crippen molar-refractivity contribution in [1.29, 1.82) is 0 Å². The van der Waals surface area contributed by atoms with Gasteiger partial charge in [-0.15, -0.1) is 0 Å². The number of pyridine rings is 1. The Hall–Kier alpha value is -3.78. The zero-order valence-electron chi connectivity index (χ0n) is 16.4. The number of carbonyl (C=O) groups is 1. The van der Waals surface area contributed by atoms with Gasteiger partial charge in [-0.05, 0) is 24.6 Å². The van der Waals surface area contributed by atoms with Crippen LogP contribution in [0.25, 0.3) is 16.9 Å². The van der Waals surface area contributed by atoms with Crippen LogP contribution in [0.4, 0.5) is 17.3 Å². The van der Waals surface area contributed by atoms with Gasteiger partial charge in [0.15, 0.2) is 0 Å². The lowest BCUT2D eigenvalue weighted by molar-refractivity contribution is -0.117. The van der Waals surface area contributed by atoms with E-state index in [0.29, 0.717) is 35.3 Å². The number of para-hydroxylation sites is 1. The van der Waals surface area contributed by atoms with Crippen LogP contribution in [0.3, 0.4) is 0 Å². The van der Waals surface area contributed by atoms with Crippen molar-refractivity contribution in [1.82, 2.24) is 24.7 Å². The highest BCUT2D eigenvalue weighted by Gasteiger charge is 2.22. The second-order valence-corrected chi connectivity index (χ2v) is 7.51. The summed E-state index contributed by atoms with van der Waals surface area (Å²) in [5.41, 5.74) is 3.72. The average Bonchev–Trinajstić information content (AvgIpc) is 3.45. The van der Waals surface area contributed by atoms with Crippen molar-refractivity contribution in [2.75, 3.05) is 16.8 Å². The first-order chi connectivity index (χ1) is 15.2. The molecule has 0 saturated carbocycles. The first-order valence-corrected chi connectivity index (χ1v) is 10.2. The lowest BCUT2D eigenvalue weighted by Crippen LogP contribution is -2.23. The Bertz CT molecular complexity index is 1240. The molecule has 8 nitrogen and oxygen atoms in total. The third kappa shape index (κ3) is 3.97. The Morgan fingerprint density at radius 2 is 1.90 bits per heavy atom. The van der Waals surface area contributed by atoms with Gasteiger partial charge in [-0.3, -0.25) is 9.78 Å². The molecule has 0 aliphatic carbocycles. The van der Waals surface area contributed by atoms with Crippen molar-refractivity contribution in [2.45, 2.75) is 12.8 Å². The third-order valence-corrected chi connectivity index (χ3v) is 5.26. The van der Waals surface area contributed by atoms with E-state index in [1.165, 1.54) is 0 Å². The molecule has 1 fully saturated rings. The fraction of sp³-hybridized carbons (Fsp3) is 0.136. The Labute approximate surface area is 183 Å². The predicted octanol–water partition coefficient (Wildman–Crippen LogP) is 4.25. The second-order valence-electron chi connectivity index (χ2n) is 7.11. The van der Waals surface area contributed by atoms with E-state index in [4.69, 9.17) is 11.6 Å². The molecule has 3 aromatic heterocycles. The molecule has 31 heavy (non-hydrogen) atoms. The number of nitrogens with zero attached hydrogens (tertiary/aromatic N) is 6. The van der Waals surface area contributed by atoms with E-state index in [0.717, 1.165) is 23.4 Å². The Morgan fingerprint density at radius 3 is 2.71 bits per heavy atom. The van der Waals surface area contributed by atoms with Crippen LogP contribution >= 0.6 is 11.6 Å². The molecule has 1 saturated heterocycles. The van der Waals surface area contributed by atoms with Gasteiger partial charge < -0.3 is 10.2 Å². The first kappa shape index (κ1) is 19.2. The van der Waals surface area contributed by atoms with E-state index in [1.54, 1.807) is 34.4 Å². The van der Waals surface area contributed by atoms with Crippen molar-refractivity contribution in [3.63, 3.8) is 0 Å². The molecule has 1 aromatic carbocycles. The molecular weight excluding hydrogens is 414 g/mol. The number of carbonyl (C=O) groups excluding carboxylic acids is 1. The largest absolute Gasteiger partial charge is 0.323 e. The molecular formula is C22H18ClN7O. The van der Waals surface area contributed by atoms with Crippen LogP contribution in [-0.4, -0.2) is 37.2 Å². The number of rotatable bonds is 5. The second kappa shape index (κ2) is 8.16. The van der Waals surface area contributed by atoms with Crippen LogP contribution in [-0.2, 0) is 4.79 Å². The van der Waals surface area contributed by atoms with Crippen molar-refractivity contribution in [3.05, 3.63) is 72.4 Å². The number of hydrogen-bond donors (Lipinski definition) is 1. The zero-order valence-corrected chi connectivity index (χ0v) is 17.2. The van der Waals surface area contributed by atoms with Gasteiger partial charge in [0.1, 0.15) is 0 Å². The minimum Gasteiger partial charge on any atom is -0.323 e. The maximum Gasteiger partial charge on any atom is 0.227 e. The van der Waals surface area contributed by atoms with Gasteiger partial charge in [0.2, 0.25) is 11.9 Å². The lowest BCUT2D eigenvalue weighted by atomic mass is 10.2. The maximum atomic E-state index is 12.0. The molecule has 154 valence electrons. The summed E-state index contributed by atoms with van der Waals surface area (Å²) in [4.78, 5) is 26.9. The highest BCUT2D eigenvalue weighted by Crippen LogP contribution is 2.28. The van der Waals surface area contributed by atoms with Gasteiger partial charge in [0.05, 0.1) is 52.6 Å². The van der Waals surface area contributed by atoms with Crippen LogP contribution < -0.4 is 10.2 Å². The highest BCUT2D eigenvalue weighted by molar-refractivity contribution is 6.32. The highest BCUT2D eigenvalue weighted by atomic mass is 35.5. The quantitative estimate of drug-likeness (QED) is 0.508. The van der Waals surface area contributed by atoms with E-state index in [1.807, 2.05) is 42.6 Å². The molecule has 5 rings (SSSR count). The predicted molar refractivity (Wildman–Crippen MR) is 119 cm³/mol. The van der Waals surface area contributed by atoms with Gasteiger partial charge in [0.25, 0.3) is 0 Å². The lowest BCUT2D eigenvalue weighted by Gasteiger charge is -2.16. The number of anilines is 3. The summed E-state index contributed by atoms with van der Waals surface area (Å²) in [5.74, 6) is 0.484. The molecule has 1 N–H and O–H groups in total. The summed E-state index contributed by atoms with van der Waals surface area (Å²) in [6.45, 7) is 0.705. The molecule has 1 amide bonds. The van der Waals surface area contributed by atoms with Crippen molar-refractivity contribution >= 4 is 34.8 Å². The maximum absolute atomic E-state index is 12.0. The van der Waals surface area contributed by atoms with Crippen LogP contribution in [0.5, 0.6) is 0 Å². The SMILES string of the molecule is O=C1CCCN1c1cncc(Nc2ncc(Cl)c(-c3cnn(-c4ccccc4)c3)n2)c1. The minimum atomic E-state index is 0.111. The number of amides is 1. The molecule has 0 spiro atoms. The van der Waals surface area contributed by atoms with Crippen molar-refractivity contribution < 1.29 is 4.79 Å². The van der Waals surface area contributed by atoms with E-state index >= 15 is 0 Å². The third-order valence-electron chi connectivity index (χ3n) is 4.99. The van der Waals surface area contributed by atoms with Crippen molar-refractivity contribution in [2.24, 2.45) is 0 Å². The van der Waals surface area contributed by atoms with Gasteiger partial charge >= 0.3 is 0 Å². The summed E-state index contributed by atoms with van der Waals surface area (Å²) in [6, 6.07) is 11.7. The Balaban J connectivity index is 1.41. The molecule has 0 radical (unpaired) electrons. The van der Waals surface area contributed by atoms with E-state index in [9.17, 15) is 4.79 Å². The fourth-order valence-electron chi connectivity index (χ4n) is 3.49. The van der Waals surface area contributed by atoms with Crippen LogP contribution in [0.15, 0.2) is 67.4 Å². The van der Waals surface area contributed by atoms with E-state index < -0.39 is 0 Å². The Kier molecular flexibility index (Phi) is 5.05. The smallest absolute Gasteiger partial charge is 0.227 e. The fourth-order valence-corrected chi connectivity index (χ4v) is 3.69. The molecule has 0 bridgehead atoms. The van der Waals surface area contributed by atoms with E-state index in [-0.39, 0.29) is 5.91 Å². The molecule has 4 heterocycles. The van der Waals surface area contributed by atoms with Gasteiger partial charge in [0, 0.05) is 24.7 Å². The summed E-state index contributed by atoms with van der Waals surface area (Å²) in [7, 11) is 0. The summed E-state index contributed by atoms with van der Waals surface area (Å²) in [6.07, 6.45) is 9.90. The number of aromatic nitrogens is 5. The normalized spacial score (nSPS) is 13.6. The van der Waals surface area contributed by atoms with Crippen LogP contribution in [0.2, 0.25) is 5.02 Å². The molecule has 0 unspecified atom stereocenters. The molecule has 0 atom stereocenters. The van der Waals surface area contributed by atoms with Crippen LogP contribution in [0, 0.1) is 0 Å². The van der Waals surface area contributed by atoms with E-state index in [2.05, 4.69) is 25.4 Å². The van der Waals surface area contributed by atoms with Gasteiger partial charge in [-0.25, -0.2) is 14.6 Å². The molecule has 1 aliphatic heterocycles. The average molecular weight is 432 g/mol. The minimum absolute atomic E-state index is 0.111. The number of halogens is 1. The zero-order chi connectivity index (χ0) is 21.2. The number of nitrogens with one attached hydrogen (secondary N) is 1. The first-order valence-electron chi connectivity index (χ1n) is 9.83. The van der Waals surface area contributed by atoms with Gasteiger partial charge in [-0.1, -0.05) is 29.8 Å². The van der Waals surface area contributed by atoms with Gasteiger partial charge in [-0.2, -0.15) is 5.10 Å². The molecule has 9 heteroatoms. The summed E-state index contributed by atoms with van der Waals surface area (Å²) >= 11 is 6.37. The number of benzene rings is 1. The standard InChI is InChI=1S/C22H18ClN7O/c23-19-13-25-22(27-16-9-18(12-24-11-16)29-8-4-7-20(29)31)28-21(19)15-10-26-30(14-15)17-5-2-1-3-6-17/h1-3,5-6,9-14H,4,7-8H2,(H,25,27,28). The molecule has 4 aromatic rings. The topological polar surface area (TPSA) is 88.8 Å². The van der Waals surface area contributed by atoms with Crippen LogP contribution in [0.1, 0.15) is 12.8 Å². The summed E-state index contributed by atoms with van der Waals surface area (Å²) < 4.78 is 1.77. The van der Waals surface area contributed by atoms with Crippen molar-refractivity contribution in [3.8, 4) is 16.9 Å². The number of hydrogen-bond acceptors (Lipinski definition) is 6. The Morgan fingerprint density at radius 1 is 1.03 bits per heavy atom.